The monoisotopic (exact) mass is 405 g/mol. The van der Waals surface area contributed by atoms with Gasteiger partial charge in [-0.15, -0.1) is 0 Å². The Morgan fingerprint density at radius 1 is 1.07 bits per heavy atom. The molecule has 6 nitrogen and oxygen atoms in total. The second-order valence-electron chi connectivity index (χ2n) is 7.25. The Labute approximate surface area is 166 Å². The van der Waals surface area contributed by atoms with Crippen LogP contribution in [0.2, 0.25) is 0 Å². The number of nitrogens with one attached hydrogen (secondary N) is 1. The van der Waals surface area contributed by atoms with Crippen molar-refractivity contribution in [3.8, 4) is 0 Å². The SMILES string of the molecule is CC(C)(c1ccccc1F)N1CCN(C(=O)c2ccc(NS(=O)O)cc2)CC1. The van der Waals surface area contributed by atoms with Crippen LogP contribution < -0.4 is 4.72 Å². The molecule has 1 amide bonds. The number of hydrogen-bond acceptors (Lipinski definition) is 3. The van der Waals surface area contributed by atoms with E-state index in [-0.39, 0.29) is 11.7 Å². The van der Waals surface area contributed by atoms with E-state index < -0.39 is 16.8 Å². The summed E-state index contributed by atoms with van der Waals surface area (Å²) in [5.74, 6) is -0.302. The zero-order valence-corrected chi connectivity index (χ0v) is 16.7. The summed E-state index contributed by atoms with van der Waals surface area (Å²) < 4.78 is 36.2. The van der Waals surface area contributed by atoms with Gasteiger partial charge in [-0.25, -0.2) is 8.60 Å². The minimum atomic E-state index is -2.15. The van der Waals surface area contributed by atoms with Gasteiger partial charge in [-0.3, -0.25) is 19.0 Å². The van der Waals surface area contributed by atoms with Crippen LogP contribution in [0.4, 0.5) is 10.1 Å². The maximum absolute atomic E-state index is 14.2. The smallest absolute Gasteiger partial charge is 0.259 e. The number of amides is 1. The molecule has 0 saturated carbocycles. The topological polar surface area (TPSA) is 72.9 Å². The molecule has 1 fully saturated rings. The summed E-state index contributed by atoms with van der Waals surface area (Å²) in [5, 5.41) is 0. The van der Waals surface area contributed by atoms with Crippen LogP contribution in [0.25, 0.3) is 0 Å². The number of hydrogen-bond donors (Lipinski definition) is 2. The lowest BCUT2D eigenvalue weighted by Crippen LogP contribution is -2.54. The normalized spacial score (nSPS) is 16.6. The molecule has 0 aliphatic carbocycles. The van der Waals surface area contributed by atoms with Crippen molar-refractivity contribution in [2.45, 2.75) is 19.4 Å². The lowest BCUT2D eigenvalue weighted by Gasteiger charge is -2.44. The van der Waals surface area contributed by atoms with E-state index >= 15 is 0 Å². The van der Waals surface area contributed by atoms with Crippen molar-refractivity contribution in [2.75, 3.05) is 30.9 Å². The Bertz CT molecular complexity index is 865. The van der Waals surface area contributed by atoms with Gasteiger partial charge in [0.25, 0.3) is 17.2 Å². The molecule has 2 aromatic rings. The van der Waals surface area contributed by atoms with Crippen LogP contribution in [0, 0.1) is 5.82 Å². The number of halogens is 1. The summed E-state index contributed by atoms with van der Waals surface area (Å²) in [6.07, 6.45) is 0. The van der Waals surface area contributed by atoms with Crippen LogP contribution in [-0.4, -0.2) is 50.6 Å². The highest BCUT2D eigenvalue weighted by Gasteiger charge is 2.34. The molecule has 1 unspecified atom stereocenters. The van der Waals surface area contributed by atoms with Crippen LogP contribution in [0.1, 0.15) is 29.8 Å². The third-order valence-corrected chi connectivity index (χ3v) is 5.64. The first-order chi connectivity index (χ1) is 13.3. The molecular formula is C20H24FN3O3S. The molecule has 0 bridgehead atoms. The highest BCUT2D eigenvalue weighted by Crippen LogP contribution is 2.30. The summed E-state index contributed by atoms with van der Waals surface area (Å²) in [6.45, 7) is 6.40. The van der Waals surface area contributed by atoms with E-state index in [4.69, 9.17) is 4.55 Å². The standard InChI is InChI=1S/C20H24FN3O3S/c1-20(2,17-5-3-4-6-18(17)21)24-13-11-23(12-14-24)19(25)15-7-9-16(10-8-15)22-28(26)27/h3-10,22H,11-14H2,1-2H3,(H,26,27). The summed E-state index contributed by atoms with van der Waals surface area (Å²) in [6, 6.07) is 13.3. The number of rotatable bonds is 5. The molecule has 2 aromatic carbocycles. The molecule has 0 spiro atoms. The van der Waals surface area contributed by atoms with Crippen LogP contribution in [0.3, 0.4) is 0 Å². The van der Waals surface area contributed by atoms with E-state index in [0.717, 1.165) is 0 Å². The van der Waals surface area contributed by atoms with Crippen molar-refractivity contribution in [1.82, 2.24) is 9.80 Å². The minimum absolute atomic E-state index is 0.0833. The van der Waals surface area contributed by atoms with Gasteiger partial charge in [0.05, 0.1) is 0 Å². The maximum atomic E-state index is 14.2. The summed E-state index contributed by atoms with van der Waals surface area (Å²) in [4.78, 5) is 16.7. The summed E-state index contributed by atoms with van der Waals surface area (Å²) in [5.41, 5.74) is 1.18. The van der Waals surface area contributed by atoms with Crippen LogP contribution in [-0.2, 0) is 16.8 Å². The fourth-order valence-electron chi connectivity index (χ4n) is 3.56. The molecule has 2 N–H and O–H groups in total. The molecule has 1 heterocycles. The average molecular weight is 405 g/mol. The number of benzene rings is 2. The minimum Gasteiger partial charge on any atom is -0.336 e. The Morgan fingerprint density at radius 2 is 1.68 bits per heavy atom. The van der Waals surface area contributed by atoms with Crippen molar-refractivity contribution >= 4 is 22.9 Å². The molecule has 0 aromatic heterocycles. The van der Waals surface area contributed by atoms with Crippen molar-refractivity contribution in [3.63, 3.8) is 0 Å². The Hall–Kier alpha value is -2.29. The quantitative estimate of drug-likeness (QED) is 0.750. The molecule has 0 radical (unpaired) electrons. The van der Waals surface area contributed by atoms with E-state index in [1.54, 1.807) is 35.2 Å². The number of carbonyl (C=O) groups excluding carboxylic acids is 1. The van der Waals surface area contributed by atoms with Crippen LogP contribution in [0.15, 0.2) is 48.5 Å². The van der Waals surface area contributed by atoms with Gasteiger partial charge in [-0.1, -0.05) is 18.2 Å². The van der Waals surface area contributed by atoms with Gasteiger partial charge in [-0.05, 0) is 44.2 Å². The first-order valence-electron chi connectivity index (χ1n) is 9.06. The lowest BCUT2D eigenvalue weighted by atomic mass is 9.91. The fourth-order valence-corrected chi connectivity index (χ4v) is 3.90. The number of carbonyl (C=O) groups is 1. The Balaban J connectivity index is 1.64. The Kier molecular flexibility index (Phi) is 6.12. The molecular weight excluding hydrogens is 381 g/mol. The average Bonchev–Trinajstić information content (AvgIpc) is 2.68. The molecule has 1 aliphatic rings. The van der Waals surface area contributed by atoms with Gasteiger partial charge in [0.2, 0.25) is 0 Å². The number of anilines is 1. The zero-order valence-electron chi connectivity index (χ0n) is 15.9. The Morgan fingerprint density at radius 3 is 2.25 bits per heavy atom. The van der Waals surface area contributed by atoms with Crippen molar-refractivity contribution < 1.29 is 17.9 Å². The highest BCUT2D eigenvalue weighted by molar-refractivity contribution is 7.80. The molecule has 3 rings (SSSR count). The van der Waals surface area contributed by atoms with E-state index in [0.29, 0.717) is 43.0 Å². The molecule has 1 aliphatic heterocycles. The second-order valence-corrected chi connectivity index (χ2v) is 7.95. The van der Waals surface area contributed by atoms with Gasteiger partial charge < -0.3 is 4.90 Å². The second kappa shape index (κ2) is 8.38. The van der Waals surface area contributed by atoms with E-state index in [1.165, 1.54) is 6.07 Å². The van der Waals surface area contributed by atoms with E-state index in [2.05, 4.69) is 9.62 Å². The van der Waals surface area contributed by atoms with Crippen LogP contribution in [0.5, 0.6) is 0 Å². The maximum Gasteiger partial charge on any atom is 0.259 e. The predicted octanol–water partition coefficient (Wildman–Crippen LogP) is 3.07. The highest BCUT2D eigenvalue weighted by atomic mass is 32.2. The first kappa shape index (κ1) is 20.4. The molecule has 1 atom stereocenters. The fraction of sp³-hybridized carbons (Fsp3) is 0.350. The van der Waals surface area contributed by atoms with Gasteiger partial charge in [-0.2, -0.15) is 0 Å². The third kappa shape index (κ3) is 4.40. The summed E-state index contributed by atoms with van der Waals surface area (Å²) >= 11 is -2.15. The van der Waals surface area contributed by atoms with E-state index in [1.807, 2.05) is 26.0 Å². The molecule has 8 heteroatoms. The zero-order chi connectivity index (χ0) is 20.3. The largest absolute Gasteiger partial charge is 0.336 e. The van der Waals surface area contributed by atoms with Gasteiger partial charge >= 0.3 is 0 Å². The lowest BCUT2D eigenvalue weighted by molar-refractivity contribution is 0.0381. The van der Waals surface area contributed by atoms with Gasteiger partial charge in [0.1, 0.15) is 5.82 Å². The van der Waals surface area contributed by atoms with Crippen molar-refractivity contribution in [1.29, 1.82) is 0 Å². The van der Waals surface area contributed by atoms with Crippen molar-refractivity contribution in [3.05, 3.63) is 65.5 Å². The van der Waals surface area contributed by atoms with Crippen LogP contribution >= 0.6 is 0 Å². The predicted molar refractivity (Wildman–Crippen MR) is 108 cm³/mol. The van der Waals surface area contributed by atoms with Crippen molar-refractivity contribution in [2.24, 2.45) is 0 Å². The van der Waals surface area contributed by atoms with E-state index in [9.17, 15) is 13.4 Å². The number of piperazine rings is 1. The van der Waals surface area contributed by atoms with Gasteiger partial charge in [0.15, 0.2) is 0 Å². The summed E-state index contributed by atoms with van der Waals surface area (Å²) in [7, 11) is 0. The molecule has 150 valence electrons. The van der Waals surface area contributed by atoms with Gasteiger partial charge in [0, 0.05) is 48.5 Å². The first-order valence-corrected chi connectivity index (χ1v) is 10.2. The third-order valence-electron chi connectivity index (χ3n) is 5.23. The molecule has 28 heavy (non-hydrogen) atoms. The number of nitrogens with zero attached hydrogens (tertiary/aromatic N) is 2. The molecule has 1 saturated heterocycles.